The Balaban J connectivity index is 2.70. The minimum absolute atomic E-state index is 0.0138. The summed E-state index contributed by atoms with van der Waals surface area (Å²) >= 11 is 0. The monoisotopic (exact) mass is 318 g/mol. The number of hydrogen-bond donors (Lipinski definition) is 3. The number of aryl methyl sites for hydroxylation is 1. The average Bonchev–Trinajstić information content (AvgIpc) is 2.70. The van der Waals surface area contributed by atoms with Gasteiger partial charge in [-0.2, -0.15) is 0 Å². The van der Waals surface area contributed by atoms with Gasteiger partial charge in [0.25, 0.3) is 0 Å². The molecule has 3 N–H and O–H groups in total. The van der Waals surface area contributed by atoms with Gasteiger partial charge in [-0.1, -0.05) is 0 Å². The van der Waals surface area contributed by atoms with Crippen LogP contribution in [0.1, 0.15) is 36.6 Å². The standard InChI is InChI=1S/C12H18N2O6S/c1-7(2)14-11(15)4-5-13-21(18,19)10-6-9(12(16)17)20-8(10)3/h6-7,13H,4-5H2,1-3H3,(H,14,15)(H,16,17). The molecule has 9 heteroatoms. The van der Waals surface area contributed by atoms with Crippen LogP contribution in [0.15, 0.2) is 15.4 Å². The molecule has 0 fully saturated rings. The van der Waals surface area contributed by atoms with Crippen LogP contribution in [0, 0.1) is 6.92 Å². The smallest absolute Gasteiger partial charge is 0.371 e. The predicted molar refractivity (Wildman–Crippen MR) is 73.5 cm³/mol. The van der Waals surface area contributed by atoms with Gasteiger partial charge in [-0.3, -0.25) is 4.79 Å². The van der Waals surface area contributed by atoms with Crippen molar-refractivity contribution in [3.63, 3.8) is 0 Å². The summed E-state index contributed by atoms with van der Waals surface area (Å²) in [6.45, 7) is 4.86. The minimum atomic E-state index is -3.91. The van der Waals surface area contributed by atoms with E-state index in [0.29, 0.717) is 0 Å². The Morgan fingerprint density at radius 1 is 1.38 bits per heavy atom. The van der Waals surface area contributed by atoms with Crippen LogP contribution in [0.4, 0.5) is 0 Å². The van der Waals surface area contributed by atoms with Crippen LogP contribution in [0.5, 0.6) is 0 Å². The van der Waals surface area contributed by atoms with Crippen molar-refractivity contribution in [1.82, 2.24) is 10.0 Å². The SMILES string of the molecule is Cc1oc(C(=O)O)cc1S(=O)(=O)NCCC(=O)NC(C)C. The first-order valence-corrected chi connectivity index (χ1v) is 7.74. The quantitative estimate of drug-likeness (QED) is 0.671. The highest BCUT2D eigenvalue weighted by Crippen LogP contribution is 2.19. The van der Waals surface area contributed by atoms with Gasteiger partial charge in [-0.15, -0.1) is 0 Å². The van der Waals surface area contributed by atoms with Crippen molar-refractivity contribution < 1.29 is 27.5 Å². The number of hydrogen-bond acceptors (Lipinski definition) is 5. The number of rotatable bonds is 7. The summed E-state index contributed by atoms with van der Waals surface area (Å²) in [5, 5.41) is 11.4. The van der Waals surface area contributed by atoms with Gasteiger partial charge >= 0.3 is 5.97 Å². The van der Waals surface area contributed by atoms with Gasteiger partial charge in [-0.05, 0) is 20.8 Å². The Morgan fingerprint density at radius 2 is 2.00 bits per heavy atom. The molecule has 1 aromatic heterocycles. The molecule has 8 nitrogen and oxygen atoms in total. The van der Waals surface area contributed by atoms with Crippen molar-refractivity contribution in [1.29, 1.82) is 0 Å². The number of carboxylic acid groups (broad SMARTS) is 1. The Labute approximate surface area is 122 Å². The van der Waals surface area contributed by atoms with Gasteiger partial charge < -0.3 is 14.8 Å². The molecule has 21 heavy (non-hydrogen) atoms. The van der Waals surface area contributed by atoms with E-state index in [2.05, 4.69) is 10.0 Å². The van der Waals surface area contributed by atoms with Crippen molar-refractivity contribution >= 4 is 21.9 Å². The molecule has 0 aliphatic carbocycles. The van der Waals surface area contributed by atoms with E-state index in [1.165, 1.54) is 6.92 Å². The molecule has 0 spiro atoms. The van der Waals surface area contributed by atoms with E-state index in [4.69, 9.17) is 9.52 Å². The fourth-order valence-corrected chi connectivity index (χ4v) is 2.82. The van der Waals surface area contributed by atoms with Gasteiger partial charge in [-0.25, -0.2) is 17.9 Å². The van der Waals surface area contributed by atoms with Crippen molar-refractivity contribution in [3.05, 3.63) is 17.6 Å². The second-order valence-electron chi connectivity index (χ2n) is 4.71. The maximum Gasteiger partial charge on any atom is 0.371 e. The molecule has 0 saturated carbocycles. The van der Waals surface area contributed by atoms with Crippen LogP contribution in [0.25, 0.3) is 0 Å². The maximum atomic E-state index is 12.0. The molecule has 0 radical (unpaired) electrons. The molecular weight excluding hydrogens is 300 g/mol. The second-order valence-corrected chi connectivity index (χ2v) is 6.44. The first-order valence-electron chi connectivity index (χ1n) is 6.26. The summed E-state index contributed by atoms with van der Waals surface area (Å²) in [4.78, 5) is 21.9. The average molecular weight is 318 g/mol. The van der Waals surface area contributed by atoms with E-state index in [1.54, 1.807) is 13.8 Å². The summed E-state index contributed by atoms with van der Waals surface area (Å²) < 4.78 is 31.1. The Kier molecular flexibility index (Phi) is 5.50. The van der Waals surface area contributed by atoms with Crippen LogP contribution in [-0.4, -0.2) is 38.0 Å². The van der Waals surface area contributed by atoms with Crippen molar-refractivity contribution in [2.24, 2.45) is 0 Å². The molecule has 1 heterocycles. The zero-order chi connectivity index (χ0) is 16.2. The maximum absolute atomic E-state index is 12.0. The molecule has 1 aromatic rings. The fourth-order valence-electron chi connectivity index (χ4n) is 1.61. The van der Waals surface area contributed by atoms with Crippen LogP contribution in [0.3, 0.4) is 0 Å². The van der Waals surface area contributed by atoms with E-state index >= 15 is 0 Å². The van der Waals surface area contributed by atoms with Crippen molar-refractivity contribution in [2.45, 2.75) is 38.1 Å². The normalized spacial score (nSPS) is 11.6. The van der Waals surface area contributed by atoms with Crippen LogP contribution >= 0.6 is 0 Å². The molecule has 0 aliphatic heterocycles. The number of furan rings is 1. The zero-order valence-corrected chi connectivity index (χ0v) is 12.8. The van der Waals surface area contributed by atoms with Gasteiger partial charge in [0.1, 0.15) is 10.7 Å². The first-order chi connectivity index (χ1) is 9.63. The lowest BCUT2D eigenvalue weighted by molar-refractivity contribution is -0.121. The van der Waals surface area contributed by atoms with Crippen molar-refractivity contribution in [2.75, 3.05) is 6.54 Å². The number of nitrogens with one attached hydrogen (secondary N) is 2. The molecule has 1 rings (SSSR count). The topological polar surface area (TPSA) is 126 Å². The summed E-state index contributed by atoms with van der Waals surface area (Å²) in [6, 6.07) is 0.914. The third-order valence-electron chi connectivity index (χ3n) is 2.47. The lowest BCUT2D eigenvalue weighted by Crippen LogP contribution is -2.34. The molecule has 0 atom stereocenters. The molecular formula is C12H18N2O6S. The molecule has 118 valence electrons. The van der Waals surface area contributed by atoms with Crippen LogP contribution < -0.4 is 10.0 Å². The Hall–Kier alpha value is -1.87. The highest BCUT2D eigenvalue weighted by Gasteiger charge is 2.23. The van der Waals surface area contributed by atoms with E-state index in [1.807, 2.05) is 0 Å². The molecule has 0 bridgehead atoms. The number of sulfonamides is 1. The number of carboxylic acids is 1. The Bertz CT molecular complexity index is 632. The van der Waals surface area contributed by atoms with Gasteiger partial charge in [0, 0.05) is 25.1 Å². The zero-order valence-electron chi connectivity index (χ0n) is 12.0. The highest BCUT2D eigenvalue weighted by atomic mass is 32.2. The minimum Gasteiger partial charge on any atom is -0.475 e. The van der Waals surface area contributed by atoms with E-state index in [-0.39, 0.29) is 35.6 Å². The van der Waals surface area contributed by atoms with E-state index < -0.39 is 21.8 Å². The van der Waals surface area contributed by atoms with Crippen LogP contribution in [-0.2, 0) is 14.8 Å². The van der Waals surface area contributed by atoms with Gasteiger partial charge in [0.2, 0.25) is 21.7 Å². The summed E-state index contributed by atoms with van der Waals surface area (Å²) in [6.07, 6.45) is -0.0138. The number of amides is 1. The fraction of sp³-hybridized carbons (Fsp3) is 0.500. The number of aromatic carboxylic acids is 1. The van der Waals surface area contributed by atoms with Crippen LogP contribution in [0.2, 0.25) is 0 Å². The van der Waals surface area contributed by atoms with Gasteiger partial charge in [0.05, 0.1) is 0 Å². The summed E-state index contributed by atoms with van der Waals surface area (Å²) in [7, 11) is -3.91. The third kappa shape index (κ3) is 4.87. The lowest BCUT2D eigenvalue weighted by Gasteiger charge is -2.09. The number of carbonyl (C=O) groups is 2. The Morgan fingerprint density at radius 3 is 2.48 bits per heavy atom. The predicted octanol–water partition coefficient (Wildman–Crippen LogP) is 0.479. The van der Waals surface area contributed by atoms with E-state index in [0.717, 1.165) is 6.07 Å². The number of carbonyl (C=O) groups excluding carboxylic acids is 1. The molecule has 0 saturated heterocycles. The molecule has 0 unspecified atom stereocenters. The van der Waals surface area contributed by atoms with E-state index in [9.17, 15) is 18.0 Å². The highest BCUT2D eigenvalue weighted by molar-refractivity contribution is 7.89. The summed E-state index contributed by atoms with van der Waals surface area (Å²) in [5.41, 5.74) is 0. The van der Waals surface area contributed by atoms with Crippen molar-refractivity contribution in [3.8, 4) is 0 Å². The molecule has 0 aliphatic rings. The first kappa shape index (κ1) is 17.2. The molecule has 1 amide bonds. The lowest BCUT2D eigenvalue weighted by atomic mass is 10.3. The largest absolute Gasteiger partial charge is 0.475 e. The summed E-state index contributed by atoms with van der Waals surface area (Å²) in [5.74, 6) is -2.10. The van der Waals surface area contributed by atoms with Gasteiger partial charge in [0.15, 0.2) is 0 Å². The third-order valence-corrected chi connectivity index (χ3v) is 4.03. The molecule has 0 aromatic carbocycles. The second kappa shape index (κ2) is 6.72.